The van der Waals surface area contributed by atoms with E-state index in [1.807, 2.05) is 118 Å². The number of halogens is 2. The van der Waals surface area contributed by atoms with Crippen molar-refractivity contribution in [3.8, 4) is 11.3 Å². The van der Waals surface area contributed by atoms with Crippen LogP contribution in [0.15, 0.2) is 114 Å². The molecule has 5 rings (SSSR count). The van der Waals surface area contributed by atoms with Crippen LogP contribution in [0.5, 0.6) is 0 Å². The minimum Gasteiger partial charge on any atom is -0.399 e. The fraction of sp³-hybridized carbons (Fsp3) is 0.200. The first-order valence-corrected chi connectivity index (χ1v) is 15.7. The Morgan fingerprint density at radius 2 is 1.77 bits per heavy atom. The lowest BCUT2D eigenvalue weighted by Crippen LogP contribution is -2.21. The zero-order chi connectivity index (χ0) is 31.2. The van der Waals surface area contributed by atoms with Crippen LogP contribution in [0.3, 0.4) is 0 Å². The van der Waals surface area contributed by atoms with Gasteiger partial charge in [-0.3, -0.25) is 4.79 Å². The summed E-state index contributed by atoms with van der Waals surface area (Å²) in [5.74, 6) is 0.996. The number of hydrogen-bond acceptors (Lipinski definition) is 5. The molecule has 1 aliphatic heterocycles. The first-order chi connectivity index (χ1) is 20.7. The molecule has 224 valence electrons. The molecule has 1 fully saturated rings. The maximum atomic E-state index is 12.8. The van der Waals surface area contributed by atoms with Gasteiger partial charge in [-0.15, -0.1) is 0 Å². The Balaban J connectivity index is 0.000000395. The molecule has 3 aromatic carbocycles. The number of carbonyl (C=O) groups excluding carboxylic acids is 1. The number of allylic oxidation sites excluding steroid dienone is 4. The fourth-order valence-corrected chi connectivity index (χ4v) is 5.31. The lowest BCUT2D eigenvalue weighted by Gasteiger charge is -2.27. The van der Waals surface area contributed by atoms with Gasteiger partial charge in [0, 0.05) is 50.9 Å². The second kappa shape index (κ2) is 17.4. The number of anilines is 2. The van der Waals surface area contributed by atoms with Crippen LogP contribution < -0.4 is 15.4 Å². The summed E-state index contributed by atoms with van der Waals surface area (Å²) in [7, 11) is 0. The van der Waals surface area contributed by atoms with Gasteiger partial charge in [-0.2, -0.15) is 0 Å². The first kappa shape index (κ1) is 33.8. The number of carbonyl (C=O) groups is 1. The van der Waals surface area contributed by atoms with E-state index in [2.05, 4.69) is 16.2 Å². The number of hydrogen-bond donors (Lipinski definition) is 2. The van der Waals surface area contributed by atoms with Gasteiger partial charge < -0.3 is 15.4 Å². The highest BCUT2D eigenvalue weighted by Crippen LogP contribution is 2.31. The number of fused-ring (bicyclic) bond motifs is 1. The summed E-state index contributed by atoms with van der Waals surface area (Å²) >= 11 is 13.6. The molecule has 3 N–H and O–H groups in total. The molecule has 2 heterocycles. The van der Waals surface area contributed by atoms with E-state index < -0.39 is 0 Å². The number of nitrogens with zero attached hydrogens (tertiary/aromatic N) is 2. The van der Waals surface area contributed by atoms with Crippen molar-refractivity contribution in [2.45, 2.75) is 33.6 Å². The maximum absolute atomic E-state index is 12.8. The number of rotatable bonds is 5. The second-order valence-electron chi connectivity index (χ2n) is 9.68. The molecule has 0 atom stereocenters. The molecule has 1 amide bonds. The Morgan fingerprint density at radius 3 is 2.37 bits per heavy atom. The summed E-state index contributed by atoms with van der Waals surface area (Å²) in [5, 5.41) is 5.50. The molecule has 1 saturated heterocycles. The summed E-state index contributed by atoms with van der Waals surface area (Å²) in [6.45, 7) is 10.1. The van der Waals surface area contributed by atoms with Gasteiger partial charge in [0.25, 0.3) is 5.91 Å². The van der Waals surface area contributed by atoms with Crippen molar-refractivity contribution < 1.29 is 4.79 Å². The highest BCUT2D eigenvalue weighted by Gasteiger charge is 2.14. The normalized spacial score (nSPS) is 13.0. The van der Waals surface area contributed by atoms with E-state index in [4.69, 9.17) is 33.9 Å². The third kappa shape index (κ3) is 10.8. The Hall–Kier alpha value is -3.71. The topological polar surface area (TPSA) is 71.2 Å². The molecular formula is C35H38Cl2N4OS. The SMILES string of the molecule is C/C=C(\C)Cl.C=C(N)/C=C\C.O=C(Nc1ccc(Cl)c(-c2ccc3ccccc3n2)c1)c1ccc(N2CCCCS2)cc1. The molecule has 8 heteroatoms. The van der Waals surface area contributed by atoms with Gasteiger partial charge in [-0.25, -0.2) is 4.98 Å². The van der Waals surface area contributed by atoms with E-state index in [-0.39, 0.29) is 5.91 Å². The quantitative estimate of drug-likeness (QED) is 0.169. The van der Waals surface area contributed by atoms with Gasteiger partial charge in [0.1, 0.15) is 0 Å². The predicted molar refractivity (Wildman–Crippen MR) is 189 cm³/mol. The van der Waals surface area contributed by atoms with E-state index in [1.165, 1.54) is 12.8 Å². The molecule has 0 spiro atoms. The van der Waals surface area contributed by atoms with Crippen molar-refractivity contribution in [1.29, 1.82) is 0 Å². The highest BCUT2D eigenvalue weighted by atomic mass is 35.5. The van der Waals surface area contributed by atoms with Crippen LogP contribution in [-0.4, -0.2) is 23.2 Å². The number of aromatic nitrogens is 1. The van der Waals surface area contributed by atoms with Crippen molar-refractivity contribution in [1.82, 2.24) is 4.98 Å². The maximum Gasteiger partial charge on any atom is 0.255 e. The van der Waals surface area contributed by atoms with Gasteiger partial charge in [0.05, 0.1) is 16.2 Å². The number of para-hydroxylation sites is 1. The van der Waals surface area contributed by atoms with Crippen LogP contribution in [0.1, 0.15) is 44.0 Å². The summed E-state index contributed by atoms with van der Waals surface area (Å²) in [5.41, 5.74) is 10.6. The Morgan fingerprint density at radius 1 is 1.05 bits per heavy atom. The Labute approximate surface area is 269 Å². The average molecular weight is 634 g/mol. The molecular weight excluding hydrogens is 595 g/mol. The minimum atomic E-state index is -0.150. The van der Waals surface area contributed by atoms with Crippen molar-refractivity contribution in [3.05, 3.63) is 125 Å². The third-order valence-corrected chi connectivity index (χ3v) is 8.02. The third-order valence-electron chi connectivity index (χ3n) is 6.30. The zero-order valence-electron chi connectivity index (χ0n) is 24.8. The zero-order valence-corrected chi connectivity index (χ0v) is 27.1. The molecule has 1 aliphatic rings. The van der Waals surface area contributed by atoms with Crippen LogP contribution in [0.25, 0.3) is 22.2 Å². The molecule has 0 radical (unpaired) electrons. The van der Waals surface area contributed by atoms with Gasteiger partial charge in [-0.05, 0) is 106 Å². The molecule has 5 nitrogen and oxygen atoms in total. The minimum absolute atomic E-state index is 0.150. The van der Waals surface area contributed by atoms with Crippen LogP contribution >= 0.6 is 35.1 Å². The first-order valence-electron chi connectivity index (χ1n) is 14.0. The molecule has 0 bridgehead atoms. The van der Waals surface area contributed by atoms with E-state index in [0.29, 0.717) is 22.0 Å². The molecule has 0 unspecified atom stereocenters. The standard InChI is InChI=1S/C26H22ClN3OS.C5H9N.C4H7Cl/c27-23-13-10-20(17-22(23)25-14-9-18-5-1-2-6-24(18)29-25)28-26(31)19-7-11-21(12-8-19)30-15-3-4-16-32-30;1-3-4-5(2)6;1-3-4(2)5/h1-2,5-14,17H,3-4,15-16H2,(H,28,31);3-4H,2,6H2,1H3;3H,1-2H3/b;4-3-;4-3+. The van der Waals surface area contributed by atoms with Crippen molar-refractivity contribution in [3.63, 3.8) is 0 Å². The number of pyridine rings is 1. The van der Waals surface area contributed by atoms with Crippen LogP contribution in [0, 0.1) is 0 Å². The lowest BCUT2D eigenvalue weighted by atomic mass is 10.1. The largest absolute Gasteiger partial charge is 0.399 e. The van der Waals surface area contributed by atoms with Crippen molar-refractivity contribution in [2.75, 3.05) is 21.9 Å². The van der Waals surface area contributed by atoms with Crippen LogP contribution in [0.2, 0.25) is 5.02 Å². The smallest absolute Gasteiger partial charge is 0.255 e. The number of amides is 1. The van der Waals surface area contributed by atoms with E-state index in [0.717, 1.165) is 45.2 Å². The van der Waals surface area contributed by atoms with Gasteiger partial charge in [0.15, 0.2) is 0 Å². The molecule has 0 saturated carbocycles. The molecule has 0 aliphatic carbocycles. The van der Waals surface area contributed by atoms with Crippen molar-refractivity contribution in [2.24, 2.45) is 5.73 Å². The Kier molecular flexibility index (Phi) is 13.7. The van der Waals surface area contributed by atoms with Gasteiger partial charge >= 0.3 is 0 Å². The molecule has 1 aromatic heterocycles. The van der Waals surface area contributed by atoms with E-state index in [9.17, 15) is 4.79 Å². The summed E-state index contributed by atoms with van der Waals surface area (Å²) in [6.07, 6.45) is 7.92. The Bertz CT molecular complexity index is 1570. The van der Waals surface area contributed by atoms with E-state index in [1.54, 1.807) is 12.1 Å². The number of nitrogens with one attached hydrogen (secondary N) is 1. The fourth-order valence-electron chi connectivity index (χ4n) is 4.01. The second-order valence-corrected chi connectivity index (χ2v) is 11.8. The average Bonchev–Trinajstić information content (AvgIpc) is 3.02. The molecule has 43 heavy (non-hydrogen) atoms. The van der Waals surface area contributed by atoms with Gasteiger partial charge in [0.2, 0.25) is 0 Å². The van der Waals surface area contributed by atoms with Crippen LogP contribution in [-0.2, 0) is 0 Å². The molecule has 4 aromatic rings. The van der Waals surface area contributed by atoms with Crippen molar-refractivity contribution >= 4 is 63.3 Å². The number of nitrogens with two attached hydrogens (primary N) is 1. The van der Waals surface area contributed by atoms with Gasteiger partial charge in [-0.1, -0.05) is 66.2 Å². The number of benzene rings is 3. The van der Waals surface area contributed by atoms with E-state index >= 15 is 0 Å². The lowest BCUT2D eigenvalue weighted by molar-refractivity contribution is 0.102. The predicted octanol–water partition coefficient (Wildman–Crippen LogP) is 10.2. The monoisotopic (exact) mass is 632 g/mol. The summed E-state index contributed by atoms with van der Waals surface area (Å²) in [6, 6.07) is 25.2. The summed E-state index contributed by atoms with van der Waals surface area (Å²) < 4.78 is 2.30. The highest BCUT2D eigenvalue weighted by molar-refractivity contribution is 8.00. The van der Waals surface area contributed by atoms with Crippen LogP contribution in [0.4, 0.5) is 11.4 Å². The summed E-state index contributed by atoms with van der Waals surface area (Å²) in [4.78, 5) is 17.6.